The molecule has 1 aliphatic carbocycles. The van der Waals surface area contributed by atoms with Crippen molar-refractivity contribution in [1.82, 2.24) is 0 Å². The number of ketones is 1. The molecular formula is C18H22O3. The average Bonchev–Trinajstić information content (AvgIpc) is 2.42. The van der Waals surface area contributed by atoms with Crippen LogP contribution in [0.25, 0.3) is 6.08 Å². The molecule has 112 valence electrons. The number of hydrogen-bond donors (Lipinski definition) is 0. The number of methoxy groups -OCH3 is 2. The van der Waals surface area contributed by atoms with E-state index in [9.17, 15) is 4.79 Å². The molecule has 0 bridgehead atoms. The number of allylic oxidation sites excluding steroid dienone is 3. The molecule has 0 aromatic heterocycles. The quantitative estimate of drug-likeness (QED) is 0.838. The van der Waals surface area contributed by atoms with Crippen molar-refractivity contribution in [3.63, 3.8) is 0 Å². The van der Waals surface area contributed by atoms with Crippen molar-refractivity contribution >= 4 is 11.9 Å². The third-order valence-electron chi connectivity index (χ3n) is 3.55. The van der Waals surface area contributed by atoms with E-state index >= 15 is 0 Å². The summed E-state index contributed by atoms with van der Waals surface area (Å²) >= 11 is 0. The van der Waals surface area contributed by atoms with Crippen LogP contribution in [0.5, 0.6) is 11.5 Å². The molecule has 0 heterocycles. The van der Waals surface area contributed by atoms with Gasteiger partial charge in [0.05, 0.1) is 14.2 Å². The molecule has 0 saturated heterocycles. The molecule has 0 fully saturated rings. The zero-order valence-corrected chi connectivity index (χ0v) is 13.1. The molecular weight excluding hydrogens is 264 g/mol. The highest BCUT2D eigenvalue weighted by atomic mass is 16.5. The number of carbonyl (C=O) groups excluding carboxylic acids is 1. The van der Waals surface area contributed by atoms with Crippen LogP contribution in [0, 0.1) is 5.41 Å². The lowest BCUT2D eigenvalue weighted by Gasteiger charge is -2.27. The maximum atomic E-state index is 11.8. The third-order valence-corrected chi connectivity index (χ3v) is 3.55. The van der Waals surface area contributed by atoms with Crippen molar-refractivity contribution in [3.05, 3.63) is 41.5 Å². The number of carbonyl (C=O) groups is 1. The Hall–Kier alpha value is -2.03. The molecule has 0 saturated carbocycles. The summed E-state index contributed by atoms with van der Waals surface area (Å²) in [6.07, 6.45) is 7.28. The Bertz CT molecular complexity index is 572. The lowest BCUT2D eigenvalue weighted by molar-refractivity contribution is -0.116. The second kappa shape index (κ2) is 6.17. The SMILES string of the molecule is COc1cc(C=CC2=CC(=O)CC(C)(C)C2)cc(OC)c1. The van der Waals surface area contributed by atoms with Crippen molar-refractivity contribution < 1.29 is 14.3 Å². The van der Waals surface area contributed by atoms with Gasteiger partial charge in [-0.25, -0.2) is 0 Å². The molecule has 0 aliphatic heterocycles. The topological polar surface area (TPSA) is 35.5 Å². The smallest absolute Gasteiger partial charge is 0.156 e. The average molecular weight is 286 g/mol. The minimum Gasteiger partial charge on any atom is -0.497 e. The Labute approximate surface area is 126 Å². The maximum Gasteiger partial charge on any atom is 0.156 e. The molecule has 0 unspecified atom stereocenters. The number of benzene rings is 1. The van der Waals surface area contributed by atoms with Gasteiger partial charge < -0.3 is 9.47 Å². The summed E-state index contributed by atoms with van der Waals surface area (Å²) in [5.41, 5.74) is 2.10. The molecule has 2 rings (SSSR count). The molecule has 0 atom stereocenters. The van der Waals surface area contributed by atoms with Crippen LogP contribution in [0.4, 0.5) is 0 Å². The van der Waals surface area contributed by atoms with Crippen molar-refractivity contribution in [3.8, 4) is 11.5 Å². The molecule has 0 N–H and O–H groups in total. The van der Waals surface area contributed by atoms with Gasteiger partial charge in [0.25, 0.3) is 0 Å². The first kappa shape index (κ1) is 15.4. The third kappa shape index (κ3) is 4.22. The minimum absolute atomic E-state index is 0.0393. The van der Waals surface area contributed by atoms with Gasteiger partial charge in [0.2, 0.25) is 0 Å². The normalized spacial score (nSPS) is 17.7. The Morgan fingerprint density at radius 1 is 1.00 bits per heavy atom. The van der Waals surface area contributed by atoms with Crippen LogP contribution in [0.1, 0.15) is 32.3 Å². The predicted octanol–water partition coefficient (Wildman–Crippen LogP) is 4.03. The molecule has 0 spiro atoms. The van der Waals surface area contributed by atoms with Gasteiger partial charge in [-0.1, -0.05) is 26.0 Å². The molecule has 21 heavy (non-hydrogen) atoms. The predicted molar refractivity (Wildman–Crippen MR) is 84.7 cm³/mol. The van der Waals surface area contributed by atoms with Gasteiger partial charge in [-0.15, -0.1) is 0 Å². The highest BCUT2D eigenvalue weighted by molar-refractivity contribution is 5.92. The maximum absolute atomic E-state index is 11.8. The number of rotatable bonds is 4. The van der Waals surface area contributed by atoms with Crippen molar-refractivity contribution in [2.24, 2.45) is 5.41 Å². The van der Waals surface area contributed by atoms with Gasteiger partial charge in [0, 0.05) is 12.5 Å². The summed E-state index contributed by atoms with van der Waals surface area (Å²) in [6, 6.07) is 5.72. The lowest BCUT2D eigenvalue weighted by atomic mass is 9.77. The lowest BCUT2D eigenvalue weighted by Crippen LogP contribution is -2.21. The van der Waals surface area contributed by atoms with E-state index in [1.165, 1.54) is 0 Å². The van der Waals surface area contributed by atoms with E-state index in [0.717, 1.165) is 29.1 Å². The molecule has 0 radical (unpaired) electrons. The Balaban J connectivity index is 2.23. The van der Waals surface area contributed by atoms with E-state index < -0.39 is 0 Å². The number of hydrogen-bond acceptors (Lipinski definition) is 3. The second-order valence-corrected chi connectivity index (χ2v) is 6.18. The molecule has 3 heteroatoms. The summed E-state index contributed by atoms with van der Waals surface area (Å²) in [6.45, 7) is 4.25. The summed E-state index contributed by atoms with van der Waals surface area (Å²) in [7, 11) is 3.26. The van der Waals surface area contributed by atoms with E-state index in [-0.39, 0.29) is 11.2 Å². The zero-order valence-electron chi connectivity index (χ0n) is 13.1. The first-order valence-electron chi connectivity index (χ1n) is 7.06. The molecule has 1 aromatic carbocycles. The van der Waals surface area contributed by atoms with Gasteiger partial charge in [-0.05, 0) is 41.2 Å². The van der Waals surface area contributed by atoms with E-state index in [4.69, 9.17) is 9.47 Å². The van der Waals surface area contributed by atoms with Gasteiger partial charge in [0.15, 0.2) is 5.78 Å². The monoisotopic (exact) mass is 286 g/mol. The molecule has 1 aromatic rings. The van der Waals surface area contributed by atoms with Gasteiger partial charge in [-0.3, -0.25) is 4.79 Å². The van der Waals surface area contributed by atoms with Gasteiger partial charge in [0.1, 0.15) is 11.5 Å². The van der Waals surface area contributed by atoms with Crippen LogP contribution in [0.2, 0.25) is 0 Å². The summed E-state index contributed by atoms with van der Waals surface area (Å²) < 4.78 is 10.5. The van der Waals surface area contributed by atoms with Crippen molar-refractivity contribution in [2.75, 3.05) is 14.2 Å². The summed E-state index contributed by atoms with van der Waals surface area (Å²) in [5.74, 6) is 1.71. The summed E-state index contributed by atoms with van der Waals surface area (Å²) in [4.78, 5) is 11.8. The Morgan fingerprint density at radius 3 is 2.14 bits per heavy atom. The Kier molecular flexibility index (Phi) is 4.51. The van der Waals surface area contributed by atoms with E-state index in [0.29, 0.717) is 6.42 Å². The zero-order chi connectivity index (χ0) is 15.5. The van der Waals surface area contributed by atoms with Crippen LogP contribution >= 0.6 is 0 Å². The molecule has 0 amide bonds. The van der Waals surface area contributed by atoms with Crippen LogP contribution in [-0.4, -0.2) is 20.0 Å². The second-order valence-electron chi connectivity index (χ2n) is 6.18. The van der Waals surface area contributed by atoms with Gasteiger partial charge >= 0.3 is 0 Å². The fourth-order valence-corrected chi connectivity index (χ4v) is 2.63. The van der Waals surface area contributed by atoms with Crippen LogP contribution in [0.3, 0.4) is 0 Å². The fourth-order valence-electron chi connectivity index (χ4n) is 2.63. The highest BCUT2D eigenvalue weighted by Gasteiger charge is 2.26. The van der Waals surface area contributed by atoms with E-state index in [1.807, 2.05) is 30.4 Å². The Morgan fingerprint density at radius 2 is 1.62 bits per heavy atom. The molecule has 1 aliphatic rings. The van der Waals surface area contributed by atoms with Crippen molar-refractivity contribution in [1.29, 1.82) is 0 Å². The van der Waals surface area contributed by atoms with Crippen LogP contribution < -0.4 is 9.47 Å². The van der Waals surface area contributed by atoms with Crippen molar-refractivity contribution in [2.45, 2.75) is 26.7 Å². The molecule has 3 nitrogen and oxygen atoms in total. The largest absolute Gasteiger partial charge is 0.497 e. The fraction of sp³-hybridized carbons (Fsp3) is 0.389. The first-order chi connectivity index (χ1) is 9.91. The van der Waals surface area contributed by atoms with Crippen LogP contribution in [0.15, 0.2) is 35.9 Å². The minimum atomic E-state index is 0.0393. The number of ether oxygens (including phenoxy) is 2. The summed E-state index contributed by atoms with van der Waals surface area (Å²) in [5, 5.41) is 0. The van der Waals surface area contributed by atoms with Crippen LogP contribution in [-0.2, 0) is 4.79 Å². The highest BCUT2D eigenvalue weighted by Crippen LogP contribution is 2.34. The van der Waals surface area contributed by atoms with E-state index in [1.54, 1.807) is 20.3 Å². The van der Waals surface area contributed by atoms with E-state index in [2.05, 4.69) is 13.8 Å². The first-order valence-corrected chi connectivity index (χ1v) is 7.06. The van der Waals surface area contributed by atoms with Gasteiger partial charge in [-0.2, -0.15) is 0 Å². The standard InChI is InChI=1S/C18H22O3/c1-18(2)11-14(7-15(19)12-18)6-5-13-8-16(20-3)10-17(9-13)21-4/h5-10H,11-12H2,1-4H3.